The molecule has 0 saturated carbocycles. The molecule has 5 heteroatoms. The maximum absolute atomic E-state index is 10.8. The van der Waals surface area contributed by atoms with Crippen LogP contribution in [0.2, 0.25) is 5.02 Å². The van der Waals surface area contributed by atoms with Gasteiger partial charge in [-0.1, -0.05) is 24.6 Å². The van der Waals surface area contributed by atoms with Gasteiger partial charge in [0.05, 0.1) is 15.5 Å². The number of nitro benzene ring substituents is 1. The molecule has 2 N–H and O–H groups in total. The number of halogens is 1. The van der Waals surface area contributed by atoms with Gasteiger partial charge >= 0.3 is 0 Å². The zero-order chi connectivity index (χ0) is 11.4. The van der Waals surface area contributed by atoms with Gasteiger partial charge in [0.15, 0.2) is 0 Å². The van der Waals surface area contributed by atoms with Gasteiger partial charge in [0.25, 0.3) is 5.69 Å². The van der Waals surface area contributed by atoms with Crippen LogP contribution in [0.4, 0.5) is 5.69 Å². The first kappa shape index (κ1) is 11.9. The van der Waals surface area contributed by atoms with Gasteiger partial charge in [0.2, 0.25) is 0 Å². The third-order valence-electron chi connectivity index (χ3n) is 2.32. The fourth-order valence-corrected chi connectivity index (χ4v) is 1.92. The van der Waals surface area contributed by atoms with Crippen LogP contribution in [0.3, 0.4) is 0 Å². The lowest BCUT2D eigenvalue weighted by molar-refractivity contribution is -0.385. The summed E-state index contributed by atoms with van der Waals surface area (Å²) < 4.78 is 0. The van der Waals surface area contributed by atoms with E-state index in [0.29, 0.717) is 23.6 Å². The predicted molar refractivity (Wildman–Crippen MR) is 60.2 cm³/mol. The minimum atomic E-state index is -0.409. The maximum Gasteiger partial charge on any atom is 0.274 e. The highest BCUT2D eigenvalue weighted by molar-refractivity contribution is 6.31. The molecule has 0 aromatic heterocycles. The van der Waals surface area contributed by atoms with Crippen molar-refractivity contribution in [3.63, 3.8) is 0 Å². The summed E-state index contributed by atoms with van der Waals surface area (Å²) in [5.41, 5.74) is 6.08. The van der Waals surface area contributed by atoms with E-state index in [2.05, 4.69) is 0 Å². The summed E-state index contributed by atoms with van der Waals surface area (Å²) in [5.74, 6) is 0.00380. The lowest BCUT2D eigenvalue weighted by Gasteiger charge is -2.12. The monoisotopic (exact) mass is 228 g/mol. The van der Waals surface area contributed by atoms with E-state index in [-0.39, 0.29) is 11.6 Å². The van der Waals surface area contributed by atoms with E-state index in [0.717, 1.165) is 0 Å². The number of rotatable bonds is 4. The number of nitrogens with two attached hydrogens (primary N) is 1. The molecule has 15 heavy (non-hydrogen) atoms. The van der Waals surface area contributed by atoms with Crippen molar-refractivity contribution in [3.05, 3.63) is 38.9 Å². The van der Waals surface area contributed by atoms with Gasteiger partial charge in [-0.15, -0.1) is 0 Å². The standard InChI is InChI=1S/C10H13ClN2O2/c1-7(5-6-12)10-8(11)3-2-4-9(10)13(14)15/h2-4,7H,5-6,12H2,1H3. The summed E-state index contributed by atoms with van der Waals surface area (Å²) >= 11 is 5.96. The van der Waals surface area contributed by atoms with E-state index >= 15 is 0 Å². The molecule has 0 aliphatic carbocycles. The quantitative estimate of drug-likeness (QED) is 0.636. The number of nitrogens with zero attached hydrogens (tertiary/aromatic N) is 1. The fraction of sp³-hybridized carbons (Fsp3) is 0.400. The van der Waals surface area contributed by atoms with E-state index in [4.69, 9.17) is 17.3 Å². The summed E-state index contributed by atoms with van der Waals surface area (Å²) in [6.45, 7) is 2.38. The zero-order valence-corrected chi connectivity index (χ0v) is 9.20. The molecule has 1 aromatic carbocycles. The molecule has 1 unspecified atom stereocenters. The first-order valence-electron chi connectivity index (χ1n) is 4.70. The van der Waals surface area contributed by atoms with Crippen molar-refractivity contribution in [2.45, 2.75) is 19.3 Å². The second-order valence-corrected chi connectivity index (χ2v) is 3.82. The van der Waals surface area contributed by atoms with E-state index in [1.54, 1.807) is 12.1 Å². The molecule has 0 aliphatic heterocycles. The molecule has 0 fully saturated rings. The maximum atomic E-state index is 10.8. The van der Waals surface area contributed by atoms with Crippen LogP contribution in [0.15, 0.2) is 18.2 Å². The van der Waals surface area contributed by atoms with Gasteiger partial charge in [0, 0.05) is 6.07 Å². The molecule has 0 radical (unpaired) electrons. The van der Waals surface area contributed by atoms with Crippen LogP contribution in [-0.4, -0.2) is 11.5 Å². The van der Waals surface area contributed by atoms with Crippen LogP contribution < -0.4 is 5.73 Å². The van der Waals surface area contributed by atoms with E-state index in [9.17, 15) is 10.1 Å². The third-order valence-corrected chi connectivity index (χ3v) is 2.65. The summed E-state index contributed by atoms with van der Waals surface area (Å²) in [7, 11) is 0. The molecule has 1 atom stereocenters. The molecule has 0 saturated heterocycles. The molecule has 0 aliphatic rings. The van der Waals surface area contributed by atoms with Crippen molar-refractivity contribution in [2.24, 2.45) is 5.73 Å². The lowest BCUT2D eigenvalue weighted by atomic mass is 9.96. The third kappa shape index (κ3) is 2.67. The Kier molecular flexibility index (Phi) is 4.05. The van der Waals surface area contributed by atoms with Crippen molar-refractivity contribution in [1.29, 1.82) is 0 Å². The average Bonchev–Trinajstić information content (AvgIpc) is 2.17. The van der Waals surface area contributed by atoms with Crippen molar-refractivity contribution in [2.75, 3.05) is 6.54 Å². The average molecular weight is 229 g/mol. The number of benzene rings is 1. The molecule has 0 bridgehead atoms. The largest absolute Gasteiger partial charge is 0.330 e. The molecule has 1 rings (SSSR count). The van der Waals surface area contributed by atoms with Crippen LogP contribution in [0.25, 0.3) is 0 Å². The van der Waals surface area contributed by atoms with E-state index < -0.39 is 4.92 Å². The van der Waals surface area contributed by atoms with Crippen molar-refractivity contribution in [1.82, 2.24) is 0 Å². The van der Waals surface area contributed by atoms with Crippen molar-refractivity contribution < 1.29 is 4.92 Å². The Hall–Kier alpha value is -1.13. The van der Waals surface area contributed by atoms with Crippen LogP contribution in [-0.2, 0) is 0 Å². The highest BCUT2D eigenvalue weighted by Gasteiger charge is 2.21. The molecule has 4 nitrogen and oxygen atoms in total. The van der Waals surface area contributed by atoms with Gasteiger partial charge < -0.3 is 5.73 Å². The van der Waals surface area contributed by atoms with Crippen LogP contribution >= 0.6 is 11.6 Å². The predicted octanol–water partition coefficient (Wildman–Crippen LogP) is 2.70. The van der Waals surface area contributed by atoms with Gasteiger partial charge in [-0.25, -0.2) is 0 Å². The smallest absolute Gasteiger partial charge is 0.274 e. The first-order valence-corrected chi connectivity index (χ1v) is 5.08. The number of hydrogen-bond acceptors (Lipinski definition) is 3. The highest BCUT2D eigenvalue weighted by atomic mass is 35.5. The number of hydrogen-bond donors (Lipinski definition) is 1. The Morgan fingerprint density at radius 3 is 2.80 bits per heavy atom. The molecule has 0 spiro atoms. The topological polar surface area (TPSA) is 69.2 Å². The molecule has 82 valence electrons. The Balaban J connectivity index is 3.18. The SMILES string of the molecule is CC(CCN)c1c(Cl)cccc1[N+](=O)[O-]. The Bertz CT molecular complexity index is 368. The van der Waals surface area contributed by atoms with Gasteiger partial charge in [-0.3, -0.25) is 10.1 Å². The minimum Gasteiger partial charge on any atom is -0.330 e. The zero-order valence-electron chi connectivity index (χ0n) is 8.44. The first-order chi connectivity index (χ1) is 7.07. The van der Waals surface area contributed by atoms with Gasteiger partial charge in [-0.05, 0) is 24.9 Å². The highest BCUT2D eigenvalue weighted by Crippen LogP contribution is 2.34. The van der Waals surface area contributed by atoms with Crippen molar-refractivity contribution in [3.8, 4) is 0 Å². The molecular weight excluding hydrogens is 216 g/mol. The van der Waals surface area contributed by atoms with Crippen LogP contribution in [0, 0.1) is 10.1 Å². The normalized spacial score (nSPS) is 12.5. The molecule has 0 amide bonds. The van der Waals surface area contributed by atoms with Gasteiger partial charge in [0.1, 0.15) is 0 Å². The Labute approximate surface area is 93.2 Å². The van der Waals surface area contributed by atoms with Crippen LogP contribution in [0.1, 0.15) is 24.8 Å². The summed E-state index contributed by atoms with van der Waals surface area (Å²) in [6, 6.07) is 4.71. The van der Waals surface area contributed by atoms with E-state index in [1.807, 2.05) is 6.92 Å². The Morgan fingerprint density at radius 2 is 2.27 bits per heavy atom. The summed E-state index contributed by atoms with van der Waals surface area (Å²) in [5, 5.41) is 11.2. The second kappa shape index (κ2) is 5.09. The number of nitro groups is 1. The lowest BCUT2D eigenvalue weighted by Crippen LogP contribution is -2.07. The minimum absolute atomic E-state index is 0.00380. The Morgan fingerprint density at radius 1 is 1.60 bits per heavy atom. The second-order valence-electron chi connectivity index (χ2n) is 3.41. The van der Waals surface area contributed by atoms with Gasteiger partial charge in [-0.2, -0.15) is 0 Å². The van der Waals surface area contributed by atoms with Crippen molar-refractivity contribution >= 4 is 17.3 Å². The van der Waals surface area contributed by atoms with E-state index in [1.165, 1.54) is 6.07 Å². The molecule has 1 aromatic rings. The molecule has 0 heterocycles. The molecular formula is C10H13ClN2O2. The van der Waals surface area contributed by atoms with Crippen LogP contribution in [0.5, 0.6) is 0 Å². The summed E-state index contributed by atoms with van der Waals surface area (Å²) in [6.07, 6.45) is 0.685. The summed E-state index contributed by atoms with van der Waals surface area (Å²) in [4.78, 5) is 10.4. The fourth-order valence-electron chi connectivity index (χ4n) is 1.57.